The first-order valence-corrected chi connectivity index (χ1v) is 11.4. The zero-order valence-electron chi connectivity index (χ0n) is 15.4. The van der Waals surface area contributed by atoms with Crippen molar-refractivity contribution >= 4 is 10.1 Å². The third-order valence-corrected chi connectivity index (χ3v) is 4.51. The molecule has 0 amide bonds. The predicted molar refractivity (Wildman–Crippen MR) is 100.0 cm³/mol. The van der Waals surface area contributed by atoms with Crippen molar-refractivity contribution in [3.05, 3.63) is 12.3 Å². The smallest absolute Gasteiger partial charge is 0.305 e. The van der Waals surface area contributed by atoms with Crippen LogP contribution in [0.1, 0.15) is 103 Å². The van der Waals surface area contributed by atoms with E-state index in [9.17, 15) is 8.42 Å². The Labute approximate surface area is 145 Å². The highest BCUT2D eigenvalue weighted by molar-refractivity contribution is 7.86. The Morgan fingerprint density at radius 1 is 0.696 bits per heavy atom. The van der Waals surface area contributed by atoms with E-state index in [2.05, 4.69) is 11.1 Å². The Bertz CT molecular complexity index is 361. The second-order valence-electron chi connectivity index (χ2n) is 6.56. The summed E-state index contributed by atoms with van der Waals surface area (Å²) < 4.78 is 26.0. The molecule has 0 fully saturated rings. The molecular weight excluding hydrogens is 308 g/mol. The summed E-state index contributed by atoms with van der Waals surface area (Å²) in [5.41, 5.74) is 0. The molecule has 0 spiro atoms. The average molecular weight is 347 g/mol. The second kappa shape index (κ2) is 16.4. The number of hydrogen-bond donors (Lipinski definition) is 0. The molecule has 0 bridgehead atoms. The van der Waals surface area contributed by atoms with E-state index in [1.165, 1.54) is 89.7 Å². The van der Waals surface area contributed by atoms with E-state index < -0.39 is 10.1 Å². The minimum absolute atomic E-state index is 0.896. The summed E-state index contributed by atoms with van der Waals surface area (Å²) in [5.74, 6) is 0. The second-order valence-corrected chi connectivity index (χ2v) is 8.16. The van der Waals surface area contributed by atoms with Crippen molar-refractivity contribution in [2.45, 2.75) is 103 Å². The molecule has 0 radical (unpaired) electrons. The maximum Gasteiger partial charge on any atom is 0.305 e. The molecule has 0 aromatic rings. The molecule has 23 heavy (non-hydrogen) atoms. The molecule has 0 aromatic heterocycles. The number of unbranched alkanes of at least 4 members (excludes halogenated alkanes) is 14. The normalized spacial score (nSPS) is 12.1. The monoisotopic (exact) mass is 346 g/mol. The molecule has 0 saturated heterocycles. The molecule has 138 valence electrons. The molecule has 0 aliphatic rings. The molecule has 0 N–H and O–H groups in total. The highest BCUT2D eigenvalue weighted by atomic mass is 32.2. The van der Waals surface area contributed by atoms with Gasteiger partial charge >= 0.3 is 10.1 Å². The first-order chi connectivity index (χ1) is 11.1. The van der Waals surface area contributed by atoms with Crippen molar-refractivity contribution in [1.29, 1.82) is 0 Å². The van der Waals surface area contributed by atoms with Crippen LogP contribution in [0.4, 0.5) is 0 Å². The van der Waals surface area contributed by atoms with Gasteiger partial charge in [-0.3, -0.25) is 0 Å². The SMILES string of the molecule is CCCCCCCCCCCCCCCC/C=C/OS(C)(=O)=O. The Hall–Kier alpha value is -0.510. The van der Waals surface area contributed by atoms with Gasteiger partial charge in [-0.05, 0) is 18.9 Å². The fraction of sp³-hybridized carbons (Fsp3) is 0.895. The van der Waals surface area contributed by atoms with Crippen LogP contribution in [0.2, 0.25) is 0 Å². The van der Waals surface area contributed by atoms with E-state index in [4.69, 9.17) is 0 Å². The highest BCUT2D eigenvalue weighted by Gasteiger charge is 1.96. The lowest BCUT2D eigenvalue weighted by molar-refractivity contribution is 0.447. The maximum absolute atomic E-state index is 10.7. The van der Waals surface area contributed by atoms with Gasteiger partial charge in [0.15, 0.2) is 0 Å². The molecule has 0 aromatic carbocycles. The molecule has 0 rings (SSSR count). The summed E-state index contributed by atoms with van der Waals surface area (Å²) in [6, 6.07) is 0. The van der Waals surface area contributed by atoms with Crippen molar-refractivity contribution < 1.29 is 12.6 Å². The lowest BCUT2D eigenvalue weighted by Gasteiger charge is -2.02. The molecule has 4 heteroatoms. The van der Waals surface area contributed by atoms with Crippen LogP contribution in [-0.4, -0.2) is 14.7 Å². The van der Waals surface area contributed by atoms with Gasteiger partial charge in [0, 0.05) is 0 Å². The molecule has 0 heterocycles. The third-order valence-electron chi connectivity index (χ3n) is 4.05. The summed E-state index contributed by atoms with van der Waals surface area (Å²) in [6.45, 7) is 2.27. The van der Waals surface area contributed by atoms with Crippen LogP contribution >= 0.6 is 0 Å². The Morgan fingerprint density at radius 3 is 1.48 bits per heavy atom. The van der Waals surface area contributed by atoms with Gasteiger partial charge in [0.05, 0.1) is 6.26 Å². The van der Waals surface area contributed by atoms with E-state index >= 15 is 0 Å². The number of allylic oxidation sites excluding steroid dienone is 1. The van der Waals surface area contributed by atoms with E-state index in [0.717, 1.165) is 19.1 Å². The van der Waals surface area contributed by atoms with Crippen LogP contribution in [0.25, 0.3) is 0 Å². The van der Waals surface area contributed by atoms with Gasteiger partial charge in [0.1, 0.15) is 6.26 Å². The van der Waals surface area contributed by atoms with E-state index in [0.29, 0.717) is 0 Å². The lowest BCUT2D eigenvalue weighted by Crippen LogP contribution is -1.95. The van der Waals surface area contributed by atoms with Crippen LogP contribution in [0.15, 0.2) is 12.3 Å². The molecule has 3 nitrogen and oxygen atoms in total. The van der Waals surface area contributed by atoms with Crippen molar-refractivity contribution in [3.63, 3.8) is 0 Å². The van der Waals surface area contributed by atoms with Crippen LogP contribution in [-0.2, 0) is 14.3 Å². The first-order valence-electron chi connectivity index (χ1n) is 9.59. The average Bonchev–Trinajstić information content (AvgIpc) is 2.49. The van der Waals surface area contributed by atoms with Crippen LogP contribution in [0.5, 0.6) is 0 Å². The van der Waals surface area contributed by atoms with Gasteiger partial charge < -0.3 is 4.18 Å². The first kappa shape index (κ1) is 22.5. The third kappa shape index (κ3) is 21.5. The molecular formula is C19H38O3S. The Balaban J connectivity index is 3.11. The van der Waals surface area contributed by atoms with E-state index in [1.54, 1.807) is 6.08 Å². The minimum Gasteiger partial charge on any atom is -0.391 e. The summed E-state index contributed by atoms with van der Waals surface area (Å²) in [6.07, 6.45) is 24.0. The van der Waals surface area contributed by atoms with Crippen molar-refractivity contribution in [2.24, 2.45) is 0 Å². The van der Waals surface area contributed by atoms with Gasteiger partial charge in [-0.1, -0.05) is 90.4 Å². The van der Waals surface area contributed by atoms with Gasteiger partial charge in [0.25, 0.3) is 0 Å². The molecule has 0 atom stereocenters. The van der Waals surface area contributed by atoms with Crippen molar-refractivity contribution in [1.82, 2.24) is 0 Å². The van der Waals surface area contributed by atoms with E-state index in [1.807, 2.05) is 0 Å². The van der Waals surface area contributed by atoms with Gasteiger partial charge in [-0.25, -0.2) is 0 Å². The lowest BCUT2D eigenvalue weighted by atomic mass is 10.0. The van der Waals surface area contributed by atoms with Crippen LogP contribution in [0, 0.1) is 0 Å². The van der Waals surface area contributed by atoms with Gasteiger partial charge in [0.2, 0.25) is 0 Å². The summed E-state index contributed by atoms with van der Waals surface area (Å²) in [5, 5.41) is 0. The largest absolute Gasteiger partial charge is 0.391 e. The molecule has 0 unspecified atom stereocenters. The highest BCUT2D eigenvalue weighted by Crippen LogP contribution is 2.13. The zero-order chi connectivity index (χ0) is 17.2. The standard InChI is InChI=1S/C19H38O3S/c1-3-4-5-6-7-8-9-10-11-12-13-14-15-16-17-18-19-22-23(2,20)21/h18-19H,3-17H2,1-2H3/b19-18+. The molecule has 0 aliphatic carbocycles. The van der Waals surface area contributed by atoms with E-state index in [-0.39, 0.29) is 0 Å². The number of rotatable bonds is 17. The number of hydrogen-bond acceptors (Lipinski definition) is 3. The quantitative estimate of drug-likeness (QED) is 0.175. The topological polar surface area (TPSA) is 43.4 Å². The predicted octanol–water partition coefficient (Wildman–Crippen LogP) is 6.35. The summed E-state index contributed by atoms with van der Waals surface area (Å²) in [4.78, 5) is 0. The fourth-order valence-corrected chi connectivity index (χ4v) is 2.95. The van der Waals surface area contributed by atoms with Crippen molar-refractivity contribution in [2.75, 3.05) is 6.26 Å². The van der Waals surface area contributed by atoms with Gasteiger partial charge in [-0.2, -0.15) is 8.42 Å². The minimum atomic E-state index is -3.33. The maximum atomic E-state index is 10.7. The van der Waals surface area contributed by atoms with Gasteiger partial charge in [-0.15, -0.1) is 0 Å². The zero-order valence-corrected chi connectivity index (χ0v) is 16.2. The van der Waals surface area contributed by atoms with Crippen molar-refractivity contribution in [3.8, 4) is 0 Å². The van der Waals surface area contributed by atoms with Crippen LogP contribution in [0.3, 0.4) is 0 Å². The Morgan fingerprint density at radius 2 is 1.09 bits per heavy atom. The summed E-state index contributed by atoms with van der Waals surface area (Å²) in [7, 11) is -3.33. The summed E-state index contributed by atoms with van der Waals surface area (Å²) >= 11 is 0. The Kier molecular flexibility index (Phi) is 16.0. The molecule has 0 saturated carbocycles. The van der Waals surface area contributed by atoms with Crippen LogP contribution < -0.4 is 0 Å². The molecule has 0 aliphatic heterocycles. The fourth-order valence-electron chi connectivity index (χ4n) is 2.66.